The van der Waals surface area contributed by atoms with Crippen molar-refractivity contribution in [2.24, 2.45) is 0 Å². The van der Waals surface area contributed by atoms with Crippen molar-refractivity contribution in [3.05, 3.63) is 58.9 Å². The van der Waals surface area contributed by atoms with Gasteiger partial charge < -0.3 is 15.2 Å². The molecule has 0 aliphatic heterocycles. The predicted octanol–water partition coefficient (Wildman–Crippen LogP) is 3.19. The number of carboxylic acid groups (broad SMARTS) is 1. The third kappa shape index (κ3) is 4.20. The number of benzene rings is 2. The number of carboxylic acids is 1. The van der Waals surface area contributed by atoms with Crippen molar-refractivity contribution in [3.63, 3.8) is 0 Å². The SMILES string of the molecule is O=C(COc1ccc(Cl)c(F)c1)Nc1cccc(C(=O)O)c1. The number of carbonyl (C=O) groups excluding carboxylic acids is 1. The van der Waals surface area contributed by atoms with E-state index in [1.807, 2.05) is 0 Å². The maximum Gasteiger partial charge on any atom is 0.335 e. The molecule has 114 valence electrons. The molecule has 5 nitrogen and oxygen atoms in total. The molecule has 0 saturated heterocycles. The van der Waals surface area contributed by atoms with Crippen molar-refractivity contribution in [2.75, 3.05) is 11.9 Å². The molecule has 0 spiro atoms. The predicted molar refractivity (Wildman–Crippen MR) is 78.9 cm³/mol. The Balaban J connectivity index is 1.94. The van der Waals surface area contributed by atoms with Gasteiger partial charge in [-0.3, -0.25) is 4.79 Å². The van der Waals surface area contributed by atoms with E-state index in [1.54, 1.807) is 6.07 Å². The molecule has 2 rings (SSSR count). The standard InChI is InChI=1S/C15H11ClFNO4/c16-12-5-4-11(7-13(12)17)22-8-14(19)18-10-3-1-2-9(6-10)15(20)21/h1-7H,8H2,(H,18,19)(H,20,21). The van der Waals surface area contributed by atoms with Crippen LogP contribution in [0.4, 0.5) is 10.1 Å². The average Bonchev–Trinajstić information content (AvgIpc) is 2.49. The van der Waals surface area contributed by atoms with Crippen LogP contribution in [0.5, 0.6) is 5.75 Å². The van der Waals surface area contributed by atoms with Crippen molar-refractivity contribution in [2.45, 2.75) is 0 Å². The smallest absolute Gasteiger partial charge is 0.335 e. The molecule has 0 radical (unpaired) electrons. The largest absolute Gasteiger partial charge is 0.484 e. The summed E-state index contributed by atoms with van der Waals surface area (Å²) in [4.78, 5) is 22.5. The zero-order valence-corrected chi connectivity index (χ0v) is 11.9. The Morgan fingerprint density at radius 3 is 2.68 bits per heavy atom. The summed E-state index contributed by atoms with van der Waals surface area (Å²) in [6.45, 7) is -0.349. The molecular formula is C15H11ClFNO4. The quantitative estimate of drug-likeness (QED) is 0.886. The first-order valence-electron chi connectivity index (χ1n) is 6.17. The molecule has 0 aromatic heterocycles. The molecule has 2 N–H and O–H groups in total. The molecule has 7 heteroatoms. The van der Waals surface area contributed by atoms with Crippen LogP contribution in [0.25, 0.3) is 0 Å². The number of carbonyl (C=O) groups is 2. The molecule has 22 heavy (non-hydrogen) atoms. The summed E-state index contributed by atoms with van der Waals surface area (Å²) in [5, 5.41) is 11.3. The Bertz CT molecular complexity index is 720. The molecule has 0 heterocycles. The topological polar surface area (TPSA) is 75.6 Å². The lowest BCUT2D eigenvalue weighted by Gasteiger charge is -2.08. The Kier molecular flexibility index (Phi) is 4.95. The van der Waals surface area contributed by atoms with Gasteiger partial charge >= 0.3 is 5.97 Å². The second-order valence-corrected chi connectivity index (χ2v) is 4.71. The Morgan fingerprint density at radius 2 is 2.00 bits per heavy atom. The van der Waals surface area contributed by atoms with Crippen LogP contribution in [0.2, 0.25) is 5.02 Å². The Morgan fingerprint density at radius 1 is 1.23 bits per heavy atom. The molecule has 0 atom stereocenters. The van der Waals surface area contributed by atoms with Crippen molar-refractivity contribution < 1.29 is 23.8 Å². The molecule has 0 bridgehead atoms. The van der Waals surface area contributed by atoms with Gasteiger partial charge in [0.2, 0.25) is 0 Å². The van der Waals surface area contributed by atoms with E-state index in [9.17, 15) is 14.0 Å². The Hall–Kier alpha value is -2.60. The summed E-state index contributed by atoms with van der Waals surface area (Å²) in [7, 11) is 0. The van der Waals surface area contributed by atoms with Crippen LogP contribution in [0.1, 0.15) is 10.4 Å². The number of anilines is 1. The van der Waals surface area contributed by atoms with Crippen LogP contribution in [0.15, 0.2) is 42.5 Å². The van der Waals surface area contributed by atoms with E-state index in [2.05, 4.69) is 5.32 Å². The number of amides is 1. The van der Waals surface area contributed by atoms with E-state index in [0.717, 1.165) is 6.07 Å². The van der Waals surface area contributed by atoms with Gasteiger partial charge in [-0.25, -0.2) is 9.18 Å². The van der Waals surface area contributed by atoms with Crippen LogP contribution >= 0.6 is 11.6 Å². The minimum Gasteiger partial charge on any atom is -0.484 e. The highest BCUT2D eigenvalue weighted by Gasteiger charge is 2.08. The van der Waals surface area contributed by atoms with Crippen molar-refractivity contribution in [1.29, 1.82) is 0 Å². The lowest BCUT2D eigenvalue weighted by molar-refractivity contribution is -0.118. The number of halogens is 2. The highest BCUT2D eigenvalue weighted by atomic mass is 35.5. The molecule has 0 aliphatic rings. The first kappa shape index (κ1) is 15.8. The second-order valence-electron chi connectivity index (χ2n) is 4.30. The molecule has 0 aliphatic carbocycles. The van der Waals surface area contributed by atoms with E-state index in [0.29, 0.717) is 5.69 Å². The number of aromatic carboxylic acids is 1. The fourth-order valence-electron chi connectivity index (χ4n) is 1.64. The number of rotatable bonds is 5. The van der Waals surface area contributed by atoms with E-state index >= 15 is 0 Å². The molecule has 1 amide bonds. The third-order valence-corrected chi connectivity index (χ3v) is 2.96. The number of hydrogen-bond acceptors (Lipinski definition) is 3. The summed E-state index contributed by atoms with van der Waals surface area (Å²) in [5.74, 6) is -2.08. The van der Waals surface area contributed by atoms with Crippen LogP contribution in [0, 0.1) is 5.82 Å². The molecule has 2 aromatic carbocycles. The van der Waals surface area contributed by atoms with Crippen LogP contribution in [-0.4, -0.2) is 23.6 Å². The summed E-state index contributed by atoms with van der Waals surface area (Å²) < 4.78 is 18.3. The number of ether oxygens (including phenoxy) is 1. The maximum atomic E-state index is 13.2. The third-order valence-electron chi connectivity index (χ3n) is 2.65. The first-order valence-corrected chi connectivity index (χ1v) is 6.54. The zero-order chi connectivity index (χ0) is 16.1. The summed E-state index contributed by atoms with van der Waals surface area (Å²) in [6, 6.07) is 9.61. The van der Waals surface area contributed by atoms with Gasteiger partial charge in [-0.05, 0) is 30.3 Å². The Labute approximate surface area is 130 Å². The maximum absolute atomic E-state index is 13.2. The monoisotopic (exact) mass is 323 g/mol. The molecular weight excluding hydrogens is 313 g/mol. The molecule has 0 saturated carbocycles. The summed E-state index contributed by atoms with van der Waals surface area (Å²) in [5.41, 5.74) is 0.384. The second kappa shape index (κ2) is 6.91. The van der Waals surface area contributed by atoms with E-state index in [1.165, 1.54) is 30.3 Å². The van der Waals surface area contributed by atoms with Crippen LogP contribution in [-0.2, 0) is 4.79 Å². The first-order chi connectivity index (χ1) is 10.5. The van der Waals surface area contributed by atoms with Crippen molar-refractivity contribution in [3.8, 4) is 5.75 Å². The summed E-state index contributed by atoms with van der Waals surface area (Å²) in [6.07, 6.45) is 0. The minimum absolute atomic E-state index is 0.0395. The molecule has 0 unspecified atom stereocenters. The summed E-state index contributed by atoms with van der Waals surface area (Å²) >= 11 is 5.53. The lowest BCUT2D eigenvalue weighted by atomic mass is 10.2. The van der Waals surface area contributed by atoms with Gasteiger partial charge in [-0.1, -0.05) is 17.7 Å². The van der Waals surface area contributed by atoms with Gasteiger partial charge in [0, 0.05) is 11.8 Å². The molecule has 0 fully saturated rings. The van der Waals surface area contributed by atoms with E-state index < -0.39 is 17.7 Å². The highest BCUT2D eigenvalue weighted by Crippen LogP contribution is 2.20. The van der Waals surface area contributed by atoms with E-state index in [-0.39, 0.29) is 22.9 Å². The van der Waals surface area contributed by atoms with Crippen LogP contribution in [0.3, 0.4) is 0 Å². The zero-order valence-electron chi connectivity index (χ0n) is 11.2. The highest BCUT2D eigenvalue weighted by molar-refractivity contribution is 6.30. The lowest BCUT2D eigenvalue weighted by Crippen LogP contribution is -2.20. The van der Waals surface area contributed by atoms with Gasteiger partial charge in [0.1, 0.15) is 11.6 Å². The van der Waals surface area contributed by atoms with E-state index in [4.69, 9.17) is 21.4 Å². The van der Waals surface area contributed by atoms with Gasteiger partial charge in [-0.2, -0.15) is 0 Å². The fraction of sp³-hybridized carbons (Fsp3) is 0.0667. The number of hydrogen-bond donors (Lipinski definition) is 2. The molecule has 2 aromatic rings. The fourth-order valence-corrected chi connectivity index (χ4v) is 1.76. The van der Waals surface area contributed by atoms with Crippen LogP contribution < -0.4 is 10.1 Å². The van der Waals surface area contributed by atoms with Gasteiger partial charge in [0.25, 0.3) is 5.91 Å². The van der Waals surface area contributed by atoms with Gasteiger partial charge in [-0.15, -0.1) is 0 Å². The van der Waals surface area contributed by atoms with Gasteiger partial charge in [0.15, 0.2) is 6.61 Å². The van der Waals surface area contributed by atoms with Crippen molar-refractivity contribution in [1.82, 2.24) is 0 Å². The van der Waals surface area contributed by atoms with Gasteiger partial charge in [0.05, 0.1) is 10.6 Å². The van der Waals surface area contributed by atoms with Crippen molar-refractivity contribution >= 4 is 29.2 Å². The normalized spacial score (nSPS) is 10.1. The number of nitrogens with one attached hydrogen (secondary N) is 1. The minimum atomic E-state index is -1.09. The average molecular weight is 324 g/mol.